The van der Waals surface area contributed by atoms with E-state index >= 15 is 0 Å². The number of rotatable bonds is 8. The highest BCUT2D eigenvalue weighted by atomic mass is 16.5. The summed E-state index contributed by atoms with van der Waals surface area (Å²) < 4.78 is 9.75. The van der Waals surface area contributed by atoms with Gasteiger partial charge < -0.3 is 19.7 Å². The van der Waals surface area contributed by atoms with Crippen LogP contribution in [0.3, 0.4) is 0 Å². The first kappa shape index (κ1) is 21.6. The van der Waals surface area contributed by atoms with Gasteiger partial charge in [0.1, 0.15) is 18.5 Å². The topological polar surface area (TPSA) is 103 Å². The molecule has 2 heterocycles. The number of aryl methyl sites for hydroxylation is 3. The number of benzene rings is 1. The second-order valence-electron chi connectivity index (χ2n) is 7.56. The molecule has 0 saturated heterocycles. The quantitative estimate of drug-likeness (QED) is 0.575. The molecule has 0 unspecified atom stereocenters. The molecule has 9 nitrogen and oxygen atoms in total. The molecule has 30 heavy (non-hydrogen) atoms. The van der Waals surface area contributed by atoms with Crippen molar-refractivity contribution >= 4 is 17.1 Å². The predicted octanol–water partition coefficient (Wildman–Crippen LogP) is 1.31. The fourth-order valence-corrected chi connectivity index (χ4v) is 3.26. The fraction of sp³-hybridized carbons (Fsp3) is 0.476. The lowest BCUT2D eigenvalue weighted by Gasteiger charge is -2.16. The third-order valence-corrected chi connectivity index (χ3v) is 5.20. The Labute approximate surface area is 174 Å². The van der Waals surface area contributed by atoms with E-state index in [0.717, 1.165) is 16.6 Å². The number of nitrogens with zero attached hydrogens (tertiary/aromatic N) is 4. The molecule has 0 aliphatic rings. The molecule has 3 aromatic rings. The lowest BCUT2D eigenvalue weighted by Crippen LogP contribution is -2.38. The maximum absolute atomic E-state index is 12.8. The monoisotopic (exact) mass is 415 g/mol. The number of aliphatic hydroxyl groups is 1. The zero-order chi connectivity index (χ0) is 22.0. The van der Waals surface area contributed by atoms with Crippen LogP contribution >= 0.6 is 0 Å². The fourth-order valence-electron chi connectivity index (χ4n) is 3.26. The van der Waals surface area contributed by atoms with Crippen molar-refractivity contribution < 1.29 is 9.84 Å². The molecular weight excluding hydrogens is 386 g/mol. The van der Waals surface area contributed by atoms with E-state index in [1.165, 1.54) is 17.2 Å². The van der Waals surface area contributed by atoms with E-state index in [0.29, 0.717) is 18.2 Å². The summed E-state index contributed by atoms with van der Waals surface area (Å²) in [5.41, 5.74) is 1.93. The maximum Gasteiger partial charge on any atom is 0.332 e. The van der Waals surface area contributed by atoms with Gasteiger partial charge in [0.15, 0.2) is 11.2 Å². The molecule has 0 aliphatic heterocycles. The van der Waals surface area contributed by atoms with Crippen LogP contribution in [0.5, 0.6) is 5.75 Å². The number of hydrogen-bond acceptors (Lipinski definition) is 6. The minimum absolute atomic E-state index is 0.0570. The highest BCUT2D eigenvalue weighted by Gasteiger charge is 2.21. The van der Waals surface area contributed by atoms with E-state index in [1.807, 2.05) is 39.0 Å². The number of aliphatic hydroxyl groups excluding tert-OH is 1. The molecule has 0 amide bonds. The zero-order valence-corrected chi connectivity index (χ0v) is 18.1. The molecule has 0 bridgehead atoms. The van der Waals surface area contributed by atoms with Gasteiger partial charge >= 0.3 is 5.69 Å². The number of hydrogen-bond donors (Lipinski definition) is 2. The van der Waals surface area contributed by atoms with Gasteiger partial charge in [-0.15, -0.1) is 0 Å². The van der Waals surface area contributed by atoms with Gasteiger partial charge in [-0.05, 0) is 43.5 Å². The molecule has 2 aromatic heterocycles. The van der Waals surface area contributed by atoms with Gasteiger partial charge in [0, 0.05) is 20.6 Å². The molecule has 1 atom stereocenters. The summed E-state index contributed by atoms with van der Waals surface area (Å²) in [6, 6.07) is 5.76. The SMILES string of the molecule is CCCNc1nc2c(c(=O)n(C)c(=O)n2C)n1C[C@@H](O)COc1ccc(C)c(C)c1. The zero-order valence-electron chi connectivity index (χ0n) is 18.1. The summed E-state index contributed by atoms with van der Waals surface area (Å²) >= 11 is 0. The second kappa shape index (κ2) is 8.74. The minimum atomic E-state index is -0.881. The van der Waals surface area contributed by atoms with Crippen LogP contribution < -0.4 is 21.3 Å². The Morgan fingerprint density at radius 2 is 1.90 bits per heavy atom. The van der Waals surface area contributed by atoms with Crippen LogP contribution in [-0.2, 0) is 20.6 Å². The van der Waals surface area contributed by atoms with Crippen molar-refractivity contribution in [1.82, 2.24) is 18.7 Å². The van der Waals surface area contributed by atoms with Crippen LogP contribution in [0.2, 0.25) is 0 Å². The molecule has 0 aliphatic carbocycles. The molecule has 9 heteroatoms. The van der Waals surface area contributed by atoms with Crippen LogP contribution in [0, 0.1) is 13.8 Å². The Kier molecular flexibility index (Phi) is 6.31. The summed E-state index contributed by atoms with van der Waals surface area (Å²) in [6.07, 6.45) is -0.0217. The second-order valence-corrected chi connectivity index (χ2v) is 7.56. The van der Waals surface area contributed by atoms with Crippen LogP contribution in [0.15, 0.2) is 27.8 Å². The molecule has 162 valence electrons. The number of ether oxygens (including phenoxy) is 1. The van der Waals surface area contributed by atoms with Gasteiger partial charge in [0.05, 0.1) is 6.54 Å². The molecule has 0 spiro atoms. The highest BCUT2D eigenvalue weighted by molar-refractivity contribution is 5.74. The van der Waals surface area contributed by atoms with Crippen molar-refractivity contribution in [3.8, 4) is 5.75 Å². The Bertz CT molecular complexity index is 1170. The van der Waals surface area contributed by atoms with Crippen molar-refractivity contribution in [2.75, 3.05) is 18.5 Å². The van der Waals surface area contributed by atoms with Gasteiger partial charge in [-0.2, -0.15) is 4.98 Å². The van der Waals surface area contributed by atoms with Gasteiger partial charge in [0.25, 0.3) is 5.56 Å². The smallest absolute Gasteiger partial charge is 0.332 e. The maximum atomic E-state index is 12.8. The summed E-state index contributed by atoms with van der Waals surface area (Å²) in [5.74, 6) is 1.12. The molecular formula is C21H29N5O4. The van der Waals surface area contributed by atoms with Crippen LogP contribution in [0.4, 0.5) is 5.95 Å². The van der Waals surface area contributed by atoms with Crippen molar-refractivity contribution in [1.29, 1.82) is 0 Å². The molecule has 0 saturated carbocycles. The molecule has 2 N–H and O–H groups in total. The van der Waals surface area contributed by atoms with E-state index in [4.69, 9.17) is 4.74 Å². The van der Waals surface area contributed by atoms with Crippen molar-refractivity contribution in [2.45, 2.75) is 39.8 Å². The van der Waals surface area contributed by atoms with Gasteiger partial charge in [-0.3, -0.25) is 13.9 Å². The number of imidazole rings is 1. The van der Waals surface area contributed by atoms with Crippen LogP contribution in [-0.4, -0.2) is 43.0 Å². The highest BCUT2D eigenvalue weighted by Crippen LogP contribution is 2.19. The van der Waals surface area contributed by atoms with E-state index in [9.17, 15) is 14.7 Å². The number of anilines is 1. The third kappa shape index (κ3) is 4.11. The summed E-state index contributed by atoms with van der Waals surface area (Å²) in [6.45, 7) is 6.84. The summed E-state index contributed by atoms with van der Waals surface area (Å²) in [5, 5.41) is 13.8. The van der Waals surface area contributed by atoms with Gasteiger partial charge in [-0.25, -0.2) is 4.79 Å². The van der Waals surface area contributed by atoms with Crippen molar-refractivity contribution in [3.05, 3.63) is 50.2 Å². The average Bonchev–Trinajstić information content (AvgIpc) is 3.08. The molecule has 0 radical (unpaired) electrons. The first-order chi connectivity index (χ1) is 14.2. The lowest BCUT2D eigenvalue weighted by atomic mass is 10.1. The van der Waals surface area contributed by atoms with E-state index in [-0.39, 0.29) is 24.3 Å². The summed E-state index contributed by atoms with van der Waals surface area (Å²) in [4.78, 5) is 29.5. The van der Waals surface area contributed by atoms with Crippen molar-refractivity contribution in [3.63, 3.8) is 0 Å². The molecule has 1 aromatic carbocycles. The summed E-state index contributed by atoms with van der Waals surface area (Å²) in [7, 11) is 3.00. The van der Waals surface area contributed by atoms with E-state index < -0.39 is 17.4 Å². The minimum Gasteiger partial charge on any atom is -0.491 e. The van der Waals surface area contributed by atoms with Crippen LogP contribution in [0.25, 0.3) is 11.2 Å². The van der Waals surface area contributed by atoms with E-state index in [1.54, 1.807) is 11.6 Å². The third-order valence-electron chi connectivity index (χ3n) is 5.20. The first-order valence-corrected chi connectivity index (χ1v) is 10.0. The normalized spacial score (nSPS) is 12.3. The number of nitrogens with one attached hydrogen (secondary N) is 1. The first-order valence-electron chi connectivity index (χ1n) is 10.0. The van der Waals surface area contributed by atoms with E-state index in [2.05, 4.69) is 10.3 Å². The predicted molar refractivity (Wildman–Crippen MR) is 116 cm³/mol. The largest absolute Gasteiger partial charge is 0.491 e. The Morgan fingerprint density at radius 1 is 1.17 bits per heavy atom. The Morgan fingerprint density at radius 3 is 2.57 bits per heavy atom. The van der Waals surface area contributed by atoms with Gasteiger partial charge in [0.2, 0.25) is 5.95 Å². The van der Waals surface area contributed by atoms with Crippen molar-refractivity contribution in [2.24, 2.45) is 14.1 Å². The number of fused-ring (bicyclic) bond motifs is 1. The molecule has 0 fully saturated rings. The number of aromatic nitrogens is 4. The van der Waals surface area contributed by atoms with Crippen LogP contribution in [0.1, 0.15) is 24.5 Å². The average molecular weight is 415 g/mol. The standard InChI is InChI=1S/C21H29N5O4/c1-6-9-22-20-23-18-17(19(28)25(5)21(29)24(18)4)26(20)11-15(27)12-30-16-8-7-13(2)14(3)10-16/h7-8,10,15,27H,6,9,11-12H2,1-5H3,(H,22,23)/t15-/m1/s1. The van der Waals surface area contributed by atoms with Gasteiger partial charge in [-0.1, -0.05) is 13.0 Å². The Balaban J connectivity index is 1.92. The Hall–Kier alpha value is -3.07. The lowest BCUT2D eigenvalue weighted by molar-refractivity contribution is 0.0938. The molecule has 3 rings (SSSR count).